The Morgan fingerprint density at radius 1 is 1.14 bits per heavy atom. The van der Waals surface area contributed by atoms with Gasteiger partial charge in [0, 0.05) is 12.7 Å². The van der Waals surface area contributed by atoms with E-state index in [1.54, 1.807) is 11.9 Å². The summed E-state index contributed by atoms with van der Waals surface area (Å²) < 4.78 is 5.71. The van der Waals surface area contributed by atoms with Gasteiger partial charge in [0.15, 0.2) is 0 Å². The molecule has 0 atom stereocenters. The number of carbonyl (C=O) groups excluding carboxylic acids is 1. The minimum Gasteiger partial charge on any atom is -0.494 e. The first-order valence-electron chi connectivity index (χ1n) is 7.82. The number of unbranched alkanes of at least 4 members (excludes halogenated alkanes) is 5. The fraction of sp³-hybridized carbons (Fsp3) is 0.500. The molecule has 0 N–H and O–H groups in total. The van der Waals surface area contributed by atoms with Crippen molar-refractivity contribution >= 4 is 11.6 Å². The largest absolute Gasteiger partial charge is 0.494 e. The molecule has 1 rings (SSSR count). The van der Waals surface area contributed by atoms with Gasteiger partial charge in [0.2, 0.25) is 5.91 Å². The molecule has 0 aliphatic carbocycles. The monoisotopic (exact) mass is 289 g/mol. The van der Waals surface area contributed by atoms with E-state index in [4.69, 9.17) is 4.74 Å². The first-order valence-corrected chi connectivity index (χ1v) is 7.82. The van der Waals surface area contributed by atoms with Gasteiger partial charge in [0.1, 0.15) is 5.75 Å². The smallest absolute Gasteiger partial charge is 0.250 e. The minimum absolute atomic E-state index is 0.115. The molecule has 0 fully saturated rings. The van der Waals surface area contributed by atoms with Crippen molar-refractivity contribution < 1.29 is 9.53 Å². The topological polar surface area (TPSA) is 29.5 Å². The molecule has 0 spiro atoms. The average molecular weight is 289 g/mol. The number of anilines is 1. The van der Waals surface area contributed by atoms with Gasteiger partial charge in [-0.15, -0.1) is 0 Å². The molecule has 0 radical (unpaired) electrons. The van der Waals surface area contributed by atoms with Gasteiger partial charge >= 0.3 is 0 Å². The molecule has 0 aromatic heterocycles. The molecule has 0 saturated carbocycles. The van der Waals surface area contributed by atoms with E-state index in [2.05, 4.69) is 13.5 Å². The van der Waals surface area contributed by atoms with Crippen molar-refractivity contribution in [2.45, 2.75) is 45.4 Å². The molecule has 1 aromatic rings. The summed E-state index contributed by atoms with van der Waals surface area (Å²) in [7, 11) is 1.73. The Balaban J connectivity index is 2.28. The van der Waals surface area contributed by atoms with Gasteiger partial charge in [-0.25, -0.2) is 0 Å². The van der Waals surface area contributed by atoms with Crippen LogP contribution in [0.2, 0.25) is 0 Å². The highest BCUT2D eigenvalue weighted by Gasteiger charge is 2.06. The first-order chi connectivity index (χ1) is 10.2. The maximum absolute atomic E-state index is 11.5. The summed E-state index contributed by atoms with van der Waals surface area (Å²) in [5.74, 6) is 0.738. The minimum atomic E-state index is -0.115. The van der Waals surface area contributed by atoms with Crippen molar-refractivity contribution in [3.8, 4) is 5.75 Å². The zero-order valence-corrected chi connectivity index (χ0v) is 13.3. The summed E-state index contributed by atoms with van der Waals surface area (Å²) in [4.78, 5) is 13.1. The third kappa shape index (κ3) is 6.48. The third-order valence-electron chi connectivity index (χ3n) is 3.50. The van der Waals surface area contributed by atoms with Crippen LogP contribution in [-0.4, -0.2) is 19.6 Å². The SMILES string of the molecule is C=CC(=O)N(C)c1ccc(OCCCCCCCC)cc1. The molecular formula is C18H27NO2. The van der Waals surface area contributed by atoms with Crippen LogP contribution < -0.4 is 9.64 Å². The lowest BCUT2D eigenvalue weighted by Crippen LogP contribution is -2.23. The number of carbonyl (C=O) groups is 1. The number of likely N-dealkylation sites (N-methyl/N-ethyl adjacent to an activating group) is 1. The predicted molar refractivity (Wildman–Crippen MR) is 88.9 cm³/mol. The highest BCUT2D eigenvalue weighted by molar-refractivity contribution is 6.00. The predicted octanol–water partition coefficient (Wildman–Crippen LogP) is 4.57. The maximum Gasteiger partial charge on any atom is 0.250 e. The van der Waals surface area contributed by atoms with Gasteiger partial charge < -0.3 is 9.64 Å². The molecular weight excluding hydrogens is 262 g/mol. The van der Waals surface area contributed by atoms with Gasteiger partial charge in [-0.2, -0.15) is 0 Å². The standard InChI is InChI=1S/C18H27NO2/c1-4-6-7-8-9-10-15-21-17-13-11-16(12-14-17)19(3)18(20)5-2/h5,11-14H,2,4,6-10,15H2,1,3H3. The average Bonchev–Trinajstić information content (AvgIpc) is 2.53. The highest BCUT2D eigenvalue weighted by atomic mass is 16.5. The van der Waals surface area contributed by atoms with Crippen LogP contribution in [0.5, 0.6) is 5.75 Å². The van der Waals surface area contributed by atoms with Crippen molar-refractivity contribution in [1.82, 2.24) is 0 Å². The molecule has 0 heterocycles. The molecule has 3 nitrogen and oxygen atoms in total. The van der Waals surface area contributed by atoms with E-state index in [-0.39, 0.29) is 5.91 Å². The second-order valence-electron chi connectivity index (χ2n) is 5.21. The Labute approximate surface area is 128 Å². The number of nitrogens with zero attached hydrogens (tertiary/aromatic N) is 1. The van der Waals surface area contributed by atoms with Crippen molar-refractivity contribution in [2.24, 2.45) is 0 Å². The van der Waals surface area contributed by atoms with Crippen LogP contribution in [0.3, 0.4) is 0 Å². The van der Waals surface area contributed by atoms with E-state index in [1.165, 1.54) is 38.2 Å². The lowest BCUT2D eigenvalue weighted by Gasteiger charge is -2.15. The first kappa shape index (κ1) is 17.3. The van der Waals surface area contributed by atoms with Gasteiger partial charge in [0.25, 0.3) is 0 Å². The fourth-order valence-corrected chi connectivity index (χ4v) is 2.10. The summed E-state index contributed by atoms with van der Waals surface area (Å²) in [6.07, 6.45) is 8.88. The zero-order chi connectivity index (χ0) is 15.5. The molecule has 0 bridgehead atoms. The summed E-state index contributed by atoms with van der Waals surface area (Å²) in [5.41, 5.74) is 0.840. The van der Waals surface area contributed by atoms with Gasteiger partial charge in [-0.05, 0) is 36.8 Å². The van der Waals surface area contributed by atoms with Crippen molar-refractivity contribution in [3.63, 3.8) is 0 Å². The molecule has 21 heavy (non-hydrogen) atoms. The van der Waals surface area contributed by atoms with Crippen LogP contribution in [0.15, 0.2) is 36.9 Å². The Morgan fingerprint density at radius 3 is 2.38 bits per heavy atom. The quantitative estimate of drug-likeness (QED) is 0.466. The van der Waals surface area contributed by atoms with Crippen LogP contribution >= 0.6 is 0 Å². The number of benzene rings is 1. The number of amides is 1. The van der Waals surface area contributed by atoms with E-state index in [0.29, 0.717) is 0 Å². The molecule has 0 aliphatic rings. The highest BCUT2D eigenvalue weighted by Crippen LogP contribution is 2.19. The van der Waals surface area contributed by atoms with Crippen LogP contribution in [-0.2, 0) is 4.79 Å². The summed E-state index contributed by atoms with van der Waals surface area (Å²) in [6, 6.07) is 7.58. The van der Waals surface area contributed by atoms with E-state index in [0.717, 1.165) is 24.5 Å². The number of hydrogen-bond acceptors (Lipinski definition) is 2. The van der Waals surface area contributed by atoms with Crippen LogP contribution in [0.25, 0.3) is 0 Å². The number of hydrogen-bond donors (Lipinski definition) is 0. The molecule has 116 valence electrons. The van der Waals surface area contributed by atoms with Crippen molar-refractivity contribution in [3.05, 3.63) is 36.9 Å². The molecule has 1 amide bonds. The van der Waals surface area contributed by atoms with E-state index in [9.17, 15) is 4.79 Å². The summed E-state index contributed by atoms with van der Waals surface area (Å²) >= 11 is 0. The lowest BCUT2D eigenvalue weighted by atomic mass is 10.1. The lowest BCUT2D eigenvalue weighted by molar-refractivity contribution is -0.113. The Morgan fingerprint density at radius 2 is 1.76 bits per heavy atom. The van der Waals surface area contributed by atoms with E-state index >= 15 is 0 Å². The van der Waals surface area contributed by atoms with E-state index < -0.39 is 0 Å². The van der Waals surface area contributed by atoms with Gasteiger partial charge in [-0.3, -0.25) is 4.79 Å². The fourth-order valence-electron chi connectivity index (χ4n) is 2.10. The zero-order valence-electron chi connectivity index (χ0n) is 13.3. The van der Waals surface area contributed by atoms with Crippen LogP contribution in [0.4, 0.5) is 5.69 Å². The van der Waals surface area contributed by atoms with Gasteiger partial charge in [0.05, 0.1) is 6.61 Å². The normalized spacial score (nSPS) is 10.2. The van der Waals surface area contributed by atoms with Gasteiger partial charge in [-0.1, -0.05) is 45.6 Å². The van der Waals surface area contributed by atoms with Crippen LogP contribution in [0, 0.1) is 0 Å². The molecule has 3 heteroatoms. The maximum atomic E-state index is 11.5. The molecule has 0 aliphatic heterocycles. The van der Waals surface area contributed by atoms with Crippen molar-refractivity contribution in [1.29, 1.82) is 0 Å². The number of rotatable bonds is 10. The molecule has 0 unspecified atom stereocenters. The Kier molecular flexibility index (Phi) is 8.25. The Hall–Kier alpha value is -1.77. The van der Waals surface area contributed by atoms with Crippen LogP contribution in [0.1, 0.15) is 45.4 Å². The summed E-state index contributed by atoms with van der Waals surface area (Å²) in [6.45, 7) is 6.47. The van der Waals surface area contributed by atoms with E-state index in [1.807, 2.05) is 24.3 Å². The van der Waals surface area contributed by atoms with Crippen molar-refractivity contribution in [2.75, 3.05) is 18.6 Å². The molecule has 0 saturated heterocycles. The third-order valence-corrected chi connectivity index (χ3v) is 3.50. The second kappa shape index (κ2) is 10.0. The Bertz CT molecular complexity index is 425. The number of ether oxygens (including phenoxy) is 1. The summed E-state index contributed by atoms with van der Waals surface area (Å²) in [5, 5.41) is 0. The second-order valence-corrected chi connectivity index (χ2v) is 5.21. The molecule has 1 aromatic carbocycles.